The SMILES string of the molecule is CC(C)(CCCO)CNc1nc(Cl)ncc1[N+](=O)[O-]. The number of anilines is 1. The molecule has 1 rings (SSSR count). The molecule has 0 saturated carbocycles. The highest BCUT2D eigenvalue weighted by atomic mass is 35.5. The van der Waals surface area contributed by atoms with Crippen LogP contribution in [0.1, 0.15) is 26.7 Å². The summed E-state index contributed by atoms with van der Waals surface area (Å²) in [7, 11) is 0. The maximum atomic E-state index is 10.8. The monoisotopic (exact) mass is 288 g/mol. The maximum absolute atomic E-state index is 10.8. The Balaban J connectivity index is 2.76. The summed E-state index contributed by atoms with van der Waals surface area (Å²) in [5.74, 6) is 0.113. The summed E-state index contributed by atoms with van der Waals surface area (Å²) in [6.45, 7) is 4.62. The largest absolute Gasteiger partial charge is 0.396 e. The van der Waals surface area contributed by atoms with Crippen molar-refractivity contribution >= 4 is 23.1 Å². The molecule has 106 valence electrons. The van der Waals surface area contributed by atoms with Gasteiger partial charge in [0.2, 0.25) is 11.1 Å². The zero-order valence-electron chi connectivity index (χ0n) is 10.9. The molecular weight excluding hydrogens is 272 g/mol. The van der Waals surface area contributed by atoms with Crippen LogP contribution in [0.3, 0.4) is 0 Å². The van der Waals surface area contributed by atoms with E-state index < -0.39 is 4.92 Å². The van der Waals surface area contributed by atoms with E-state index in [1.807, 2.05) is 13.8 Å². The summed E-state index contributed by atoms with van der Waals surface area (Å²) in [6.07, 6.45) is 2.56. The predicted octanol–water partition coefficient (Wildman–Crippen LogP) is 2.25. The third kappa shape index (κ3) is 4.96. The fourth-order valence-electron chi connectivity index (χ4n) is 1.59. The number of hydrogen-bond acceptors (Lipinski definition) is 6. The Morgan fingerprint density at radius 1 is 1.58 bits per heavy atom. The molecule has 0 bridgehead atoms. The van der Waals surface area contributed by atoms with Gasteiger partial charge >= 0.3 is 5.69 Å². The van der Waals surface area contributed by atoms with Crippen LogP contribution in [-0.2, 0) is 0 Å². The Hall–Kier alpha value is -1.47. The molecule has 0 aliphatic rings. The van der Waals surface area contributed by atoms with E-state index in [1.54, 1.807) is 0 Å². The van der Waals surface area contributed by atoms with Gasteiger partial charge < -0.3 is 10.4 Å². The number of rotatable bonds is 7. The summed E-state index contributed by atoms with van der Waals surface area (Å²) in [5.41, 5.74) is -0.323. The lowest BCUT2D eigenvalue weighted by atomic mass is 9.88. The highest BCUT2D eigenvalue weighted by molar-refractivity contribution is 6.28. The van der Waals surface area contributed by atoms with Gasteiger partial charge in [-0.2, -0.15) is 4.98 Å². The van der Waals surface area contributed by atoms with Crippen LogP contribution in [0, 0.1) is 15.5 Å². The molecule has 1 aromatic rings. The Kier molecular flexibility index (Phi) is 5.44. The number of aliphatic hydroxyl groups is 1. The van der Waals surface area contributed by atoms with Crippen molar-refractivity contribution in [3.8, 4) is 0 Å². The van der Waals surface area contributed by atoms with E-state index in [2.05, 4.69) is 15.3 Å². The van der Waals surface area contributed by atoms with Crippen LogP contribution in [0.5, 0.6) is 0 Å². The first-order valence-electron chi connectivity index (χ1n) is 5.87. The van der Waals surface area contributed by atoms with E-state index in [-0.39, 0.29) is 28.8 Å². The first-order valence-corrected chi connectivity index (χ1v) is 6.25. The molecule has 0 aliphatic heterocycles. The van der Waals surface area contributed by atoms with Crippen molar-refractivity contribution in [2.75, 3.05) is 18.5 Å². The number of aromatic nitrogens is 2. The second kappa shape index (κ2) is 6.63. The van der Waals surface area contributed by atoms with Crippen molar-refractivity contribution in [3.05, 3.63) is 21.6 Å². The standard InChI is InChI=1S/C11H17ClN4O3/c1-11(2,4-3-5-17)7-14-9-8(16(18)19)6-13-10(12)15-9/h6,17H,3-5,7H2,1-2H3,(H,13,14,15). The second-order valence-electron chi connectivity index (χ2n) is 4.97. The lowest BCUT2D eigenvalue weighted by molar-refractivity contribution is -0.384. The molecule has 1 heterocycles. The Morgan fingerprint density at radius 3 is 2.84 bits per heavy atom. The van der Waals surface area contributed by atoms with E-state index in [0.717, 1.165) is 12.6 Å². The molecule has 0 spiro atoms. The minimum Gasteiger partial charge on any atom is -0.396 e. The van der Waals surface area contributed by atoms with E-state index in [0.29, 0.717) is 13.0 Å². The molecule has 0 saturated heterocycles. The number of hydrogen-bond donors (Lipinski definition) is 2. The average Bonchev–Trinajstić information content (AvgIpc) is 2.34. The van der Waals surface area contributed by atoms with Crippen LogP contribution in [0.2, 0.25) is 5.28 Å². The van der Waals surface area contributed by atoms with Gasteiger partial charge in [0.15, 0.2) is 0 Å². The zero-order valence-corrected chi connectivity index (χ0v) is 11.6. The summed E-state index contributed by atoms with van der Waals surface area (Å²) in [6, 6.07) is 0. The first-order chi connectivity index (χ1) is 8.85. The van der Waals surface area contributed by atoms with E-state index >= 15 is 0 Å². The van der Waals surface area contributed by atoms with Gasteiger partial charge in [-0.05, 0) is 29.9 Å². The number of halogens is 1. The number of aliphatic hydroxyl groups excluding tert-OH is 1. The average molecular weight is 289 g/mol. The Morgan fingerprint density at radius 2 is 2.26 bits per heavy atom. The third-order valence-electron chi connectivity index (χ3n) is 2.68. The molecule has 2 N–H and O–H groups in total. The van der Waals surface area contributed by atoms with Gasteiger partial charge in [-0.15, -0.1) is 0 Å². The first kappa shape index (κ1) is 15.6. The van der Waals surface area contributed by atoms with Crippen molar-refractivity contribution in [2.24, 2.45) is 5.41 Å². The van der Waals surface area contributed by atoms with E-state index in [9.17, 15) is 10.1 Å². The number of nitrogens with one attached hydrogen (secondary N) is 1. The van der Waals surface area contributed by atoms with E-state index in [1.165, 1.54) is 0 Å². The summed E-state index contributed by atoms with van der Waals surface area (Å²) in [5, 5.41) is 22.5. The second-order valence-corrected chi connectivity index (χ2v) is 5.31. The van der Waals surface area contributed by atoms with Gasteiger partial charge in [0.05, 0.1) is 4.92 Å². The Labute approximate surface area is 116 Å². The number of nitro groups is 1. The zero-order chi connectivity index (χ0) is 14.5. The van der Waals surface area contributed by atoms with Crippen LogP contribution in [-0.4, -0.2) is 33.1 Å². The van der Waals surface area contributed by atoms with Gasteiger partial charge in [-0.3, -0.25) is 10.1 Å². The van der Waals surface area contributed by atoms with Gasteiger partial charge in [0, 0.05) is 13.2 Å². The predicted molar refractivity (Wildman–Crippen MR) is 72.3 cm³/mol. The van der Waals surface area contributed by atoms with Gasteiger partial charge in [-0.25, -0.2) is 4.98 Å². The normalized spacial score (nSPS) is 11.4. The summed E-state index contributed by atoms with van der Waals surface area (Å²) < 4.78 is 0. The van der Waals surface area contributed by atoms with Crippen molar-refractivity contribution in [1.29, 1.82) is 0 Å². The Bertz CT molecular complexity index is 454. The fourth-order valence-corrected chi connectivity index (χ4v) is 1.72. The summed E-state index contributed by atoms with van der Waals surface area (Å²) in [4.78, 5) is 17.7. The smallest absolute Gasteiger partial charge is 0.329 e. The molecule has 7 nitrogen and oxygen atoms in total. The van der Waals surface area contributed by atoms with Crippen LogP contribution in [0.4, 0.5) is 11.5 Å². The molecule has 0 aliphatic carbocycles. The molecule has 8 heteroatoms. The minimum atomic E-state index is -0.556. The van der Waals surface area contributed by atoms with E-state index in [4.69, 9.17) is 16.7 Å². The molecule has 0 unspecified atom stereocenters. The quantitative estimate of drug-likeness (QED) is 0.453. The van der Waals surface area contributed by atoms with Crippen LogP contribution >= 0.6 is 11.6 Å². The minimum absolute atomic E-state index is 0.0405. The highest BCUT2D eigenvalue weighted by Gasteiger charge is 2.21. The van der Waals surface area contributed by atoms with Crippen molar-refractivity contribution in [2.45, 2.75) is 26.7 Å². The topological polar surface area (TPSA) is 101 Å². The third-order valence-corrected chi connectivity index (χ3v) is 2.86. The van der Waals surface area contributed by atoms with Crippen LogP contribution in [0.25, 0.3) is 0 Å². The number of nitrogens with zero attached hydrogens (tertiary/aromatic N) is 3. The molecule has 1 aromatic heterocycles. The van der Waals surface area contributed by atoms with Crippen molar-refractivity contribution < 1.29 is 10.0 Å². The molecular formula is C11H17ClN4O3. The van der Waals surface area contributed by atoms with Gasteiger partial charge in [0.25, 0.3) is 0 Å². The molecule has 0 amide bonds. The fraction of sp³-hybridized carbons (Fsp3) is 0.636. The van der Waals surface area contributed by atoms with Crippen molar-refractivity contribution in [3.63, 3.8) is 0 Å². The van der Waals surface area contributed by atoms with Crippen LogP contribution < -0.4 is 5.32 Å². The molecule has 19 heavy (non-hydrogen) atoms. The maximum Gasteiger partial charge on any atom is 0.329 e. The van der Waals surface area contributed by atoms with Crippen molar-refractivity contribution in [1.82, 2.24) is 9.97 Å². The molecule has 0 radical (unpaired) electrons. The molecule has 0 fully saturated rings. The summed E-state index contributed by atoms with van der Waals surface area (Å²) >= 11 is 5.64. The van der Waals surface area contributed by atoms with Crippen LogP contribution in [0.15, 0.2) is 6.20 Å². The van der Waals surface area contributed by atoms with Gasteiger partial charge in [-0.1, -0.05) is 13.8 Å². The lowest BCUT2D eigenvalue weighted by Gasteiger charge is -2.24. The lowest BCUT2D eigenvalue weighted by Crippen LogP contribution is -2.24. The molecule has 0 aromatic carbocycles. The highest BCUT2D eigenvalue weighted by Crippen LogP contribution is 2.26. The molecule has 0 atom stereocenters. The van der Waals surface area contributed by atoms with Gasteiger partial charge in [0.1, 0.15) is 6.20 Å².